The van der Waals surface area contributed by atoms with E-state index in [9.17, 15) is 4.79 Å². The Morgan fingerprint density at radius 3 is 2.38 bits per heavy atom. The first-order chi connectivity index (χ1) is 14.0. The van der Waals surface area contributed by atoms with Crippen molar-refractivity contribution in [3.8, 4) is 16.9 Å². The summed E-state index contributed by atoms with van der Waals surface area (Å²) in [6.07, 6.45) is 0. The second kappa shape index (κ2) is 8.11. The molecular weight excluding hydrogens is 405 g/mol. The Kier molecular flexibility index (Phi) is 5.38. The Bertz CT molecular complexity index is 1170. The molecule has 1 aromatic heterocycles. The maximum absolute atomic E-state index is 12.6. The molecule has 6 heteroatoms. The minimum atomic E-state index is -0.263. The van der Waals surface area contributed by atoms with Gasteiger partial charge in [-0.05, 0) is 55.5 Å². The number of aromatic nitrogens is 2. The number of benzene rings is 3. The van der Waals surface area contributed by atoms with Crippen LogP contribution in [0.4, 0.5) is 5.69 Å². The molecule has 4 rings (SSSR count). The number of nitrogens with one attached hydrogen (secondary N) is 1. The number of carbonyl (C=O) groups is 1. The highest BCUT2D eigenvalue weighted by atomic mass is 35.5. The van der Waals surface area contributed by atoms with Crippen molar-refractivity contribution >= 4 is 34.8 Å². The van der Waals surface area contributed by atoms with E-state index in [0.717, 1.165) is 22.6 Å². The first-order valence-corrected chi connectivity index (χ1v) is 9.76. The van der Waals surface area contributed by atoms with Crippen LogP contribution in [0.2, 0.25) is 10.0 Å². The molecule has 144 valence electrons. The Balaban J connectivity index is 1.60. The molecule has 1 heterocycles. The molecule has 0 saturated carbocycles. The second-order valence-electron chi connectivity index (χ2n) is 6.57. The molecule has 0 fully saturated rings. The van der Waals surface area contributed by atoms with Gasteiger partial charge < -0.3 is 5.32 Å². The van der Waals surface area contributed by atoms with Crippen molar-refractivity contribution in [1.29, 1.82) is 0 Å². The minimum absolute atomic E-state index is 0.263. The summed E-state index contributed by atoms with van der Waals surface area (Å²) in [5.74, 6) is -0.263. The average Bonchev–Trinajstić information content (AvgIpc) is 3.13. The molecule has 0 aliphatic rings. The zero-order valence-electron chi connectivity index (χ0n) is 15.6. The highest BCUT2D eigenvalue weighted by Gasteiger charge is 2.12. The number of anilines is 1. The van der Waals surface area contributed by atoms with Crippen molar-refractivity contribution in [2.45, 2.75) is 6.92 Å². The van der Waals surface area contributed by atoms with Crippen LogP contribution in [0, 0.1) is 6.92 Å². The van der Waals surface area contributed by atoms with Crippen LogP contribution in [0.25, 0.3) is 16.9 Å². The number of carbonyl (C=O) groups excluding carboxylic acids is 1. The lowest BCUT2D eigenvalue weighted by atomic mass is 10.1. The predicted molar refractivity (Wildman–Crippen MR) is 118 cm³/mol. The molecule has 1 amide bonds. The van der Waals surface area contributed by atoms with Crippen LogP contribution in [0.1, 0.15) is 16.1 Å². The summed E-state index contributed by atoms with van der Waals surface area (Å²) in [6, 6.07) is 24.3. The van der Waals surface area contributed by atoms with Gasteiger partial charge in [-0.1, -0.05) is 53.5 Å². The topological polar surface area (TPSA) is 46.9 Å². The van der Waals surface area contributed by atoms with Crippen LogP contribution >= 0.6 is 23.2 Å². The van der Waals surface area contributed by atoms with Gasteiger partial charge in [0.2, 0.25) is 0 Å². The molecule has 4 nitrogen and oxygen atoms in total. The molecule has 3 aromatic carbocycles. The average molecular weight is 422 g/mol. The van der Waals surface area contributed by atoms with Gasteiger partial charge in [0.25, 0.3) is 5.91 Å². The maximum Gasteiger partial charge on any atom is 0.255 e. The summed E-state index contributed by atoms with van der Waals surface area (Å²) in [5.41, 5.74) is 4.84. The molecule has 0 radical (unpaired) electrons. The van der Waals surface area contributed by atoms with Gasteiger partial charge in [-0.3, -0.25) is 4.79 Å². The lowest BCUT2D eigenvalue weighted by Crippen LogP contribution is -2.12. The molecule has 29 heavy (non-hydrogen) atoms. The van der Waals surface area contributed by atoms with Crippen molar-refractivity contribution in [2.75, 3.05) is 5.32 Å². The van der Waals surface area contributed by atoms with E-state index < -0.39 is 0 Å². The lowest BCUT2D eigenvalue weighted by Gasteiger charge is -2.10. The predicted octanol–water partition coefficient (Wildman–Crippen LogP) is 6.41. The summed E-state index contributed by atoms with van der Waals surface area (Å²) in [5, 5.41) is 8.33. The first kappa shape index (κ1) is 19.2. The third kappa shape index (κ3) is 4.19. The number of aryl methyl sites for hydroxylation is 1. The van der Waals surface area contributed by atoms with E-state index in [1.54, 1.807) is 30.3 Å². The third-order valence-corrected chi connectivity index (χ3v) is 5.02. The molecule has 0 bridgehead atoms. The molecule has 0 unspecified atom stereocenters. The summed E-state index contributed by atoms with van der Waals surface area (Å²) < 4.78 is 1.88. The van der Waals surface area contributed by atoms with Crippen molar-refractivity contribution in [3.05, 3.63) is 100 Å². The summed E-state index contributed by atoms with van der Waals surface area (Å²) in [4.78, 5) is 12.6. The van der Waals surface area contributed by atoms with Crippen molar-refractivity contribution in [2.24, 2.45) is 0 Å². The van der Waals surface area contributed by atoms with Crippen molar-refractivity contribution < 1.29 is 4.79 Å². The lowest BCUT2D eigenvalue weighted by molar-refractivity contribution is 0.102. The van der Waals surface area contributed by atoms with Crippen molar-refractivity contribution in [1.82, 2.24) is 9.78 Å². The number of rotatable bonds is 4. The smallest absolute Gasteiger partial charge is 0.255 e. The van der Waals surface area contributed by atoms with Gasteiger partial charge >= 0.3 is 0 Å². The van der Waals surface area contributed by atoms with Crippen LogP contribution in [0.5, 0.6) is 0 Å². The van der Waals surface area contributed by atoms with Crippen molar-refractivity contribution in [3.63, 3.8) is 0 Å². The Morgan fingerprint density at radius 2 is 1.66 bits per heavy atom. The fourth-order valence-electron chi connectivity index (χ4n) is 3.05. The molecule has 4 aromatic rings. The van der Waals surface area contributed by atoms with E-state index >= 15 is 0 Å². The number of nitrogens with zero attached hydrogens (tertiary/aromatic N) is 2. The monoisotopic (exact) mass is 421 g/mol. The van der Waals surface area contributed by atoms with E-state index in [0.29, 0.717) is 21.3 Å². The van der Waals surface area contributed by atoms with Gasteiger partial charge in [-0.25, -0.2) is 4.68 Å². The molecule has 0 spiro atoms. The molecular formula is C23H17Cl2N3O. The van der Waals surface area contributed by atoms with E-state index in [-0.39, 0.29) is 5.91 Å². The highest BCUT2D eigenvalue weighted by Crippen LogP contribution is 2.27. The number of amides is 1. The second-order valence-corrected chi connectivity index (χ2v) is 7.42. The largest absolute Gasteiger partial charge is 0.321 e. The zero-order valence-corrected chi connectivity index (χ0v) is 17.1. The van der Waals surface area contributed by atoms with Crippen LogP contribution in [0.15, 0.2) is 78.9 Å². The number of halogens is 2. The van der Waals surface area contributed by atoms with Gasteiger partial charge in [-0.2, -0.15) is 5.10 Å². The van der Waals surface area contributed by atoms with Crippen LogP contribution in [-0.4, -0.2) is 15.7 Å². The summed E-state index contributed by atoms with van der Waals surface area (Å²) >= 11 is 12.1. The molecule has 0 aliphatic carbocycles. The van der Waals surface area contributed by atoms with E-state index in [2.05, 4.69) is 10.4 Å². The summed E-state index contributed by atoms with van der Waals surface area (Å²) in [6.45, 7) is 1.96. The third-order valence-electron chi connectivity index (χ3n) is 4.45. The van der Waals surface area contributed by atoms with Gasteiger partial charge in [-0.15, -0.1) is 0 Å². The number of hydrogen-bond donors (Lipinski definition) is 1. The highest BCUT2D eigenvalue weighted by molar-refractivity contribution is 6.35. The molecule has 0 aliphatic heterocycles. The molecule has 1 N–H and O–H groups in total. The quantitative estimate of drug-likeness (QED) is 0.413. The van der Waals surface area contributed by atoms with Gasteiger partial charge in [0.15, 0.2) is 0 Å². The minimum Gasteiger partial charge on any atom is -0.321 e. The Hall–Kier alpha value is -3.08. The Labute approximate surface area is 178 Å². The van der Waals surface area contributed by atoms with E-state index in [4.69, 9.17) is 23.2 Å². The standard InChI is InChI=1S/C23H17Cl2N3O/c1-15-13-22(16-5-3-2-4-6-16)28(27-15)19-10-7-17(8-11-19)23(29)26-21-14-18(24)9-12-20(21)25/h2-14H,1H3,(H,26,29). The number of hydrogen-bond acceptors (Lipinski definition) is 2. The maximum atomic E-state index is 12.6. The Morgan fingerprint density at radius 1 is 0.931 bits per heavy atom. The zero-order chi connectivity index (χ0) is 20.4. The van der Waals surface area contributed by atoms with Crippen LogP contribution in [-0.2, 0) is 0 Å². The fraction of sp³-hybridized carbons (Fsp3) is 0.0435. The van der Waals surface area contributed by atoms with E-state index in [1.165, 1.54) is 0 Å². The SMILES string of the molecule is Cc1cc(-c2ccccc2)n(-c2ccc(C(=O)Nc3cc(Cl)ccc3Cl)cc2)n1. The van der Waals surface area contributed by atoms with Crippen LogP contribution in [0.3, 0.4) is 0 Å². The molecule has 0 saturated heterocycles. The molecule has 0 atom stereocenters. The van der Waals surface area contributed by atoms with Gasteiger partial charge in [0.1, 0.15) is 0 Å². The first-order valence-electron chi connectivity index (χ1n) is 9.00. The van der Waals surface area contributed by atoms with Gasteiger partial charge in [0, 0.05) is 16.1 Å². The van der Waals surface area contributed by atoms with E-state index in [1.807, 2.05) is 60.1 Å². The van der Waals surface area contributed by atoms with Crippen LogP contribution < -0.4 is 5.32 Å². The normalized spacial score (nSPS) is 10.7. The fourth-order valence-corrected chi connectivity index (χ4v) is 3.39. The summed E-state index contributed by atoms with van der Waals surface area (Å²) in [7, 11) is 0. The van der Waals surface area contributed by atoms with Gasteiger partial charge in [0.05, 0.1) is 27.8 Å².